The highest BCUT2D eigenvalue weighted by Crippen LogP contribution is 2.07. The molecule has 0 aliphatic rings. The molecule has 0 saturated carbocycles. The Hall–Kier alpha value is -2.04. The summed E-state index contributed by atoms with van der Waals surface area (Å²) >= 11 is 0. The quantitative estimate of drug-likeness (QED) is 0.829. The Bertz CT molecular complexity index is 478. The number of carbonyl (C=O) groups excluding carboxylic acids is 2. The fraction of sp³-hybridized carbons (Fsp3) is 0.467. The minimum Gasteiger partial charge on any atom is -0.459 e. The minimum absolute atomic E-state index is 0.142. The lowest BCUT2D eigenvalue weighted by Crippen LogP contribution is -2.40. The molecule has 0 aliphatic carbocycles. The molecule has 0 radical (unpaired) electrons. The smallest absolute Gasteiger partial charge is 0.325 e. The average Bonchev–Trinajstić information content (AvgIpc) is 2.33. The maximum atomic E-state index is 11.6. The van der Waals surface area contributed by atoms with E-state index >= 15 is 0 Å². The zero-order chi connectivity index (χ0) is 15.2. The summed E-state index contributed by atoms with van der Waals surface area (Å²) in [5.74, 6) is -0.455. The van der Waals surface area contributed by atoms with Crippen LogP contribution in [0.25, 0.3) is 0 Å². The van der Waals surface area contributed by atoms with E-state index in [1.54, 1.807) is 20.8 Å². The molecule has 110 valence electrons. The number of nitrogens with one attached hydrogen (secondary N) is 2. The van der Waals surface area contributed by atoms with Crippen molar-refractivity contribution in [2.45, 2.75) is 39.8 Å². The summed E-state index contributed by atoms with van der Waals surface area (Å²) < 4.78 is 5.09. The molecule has 0 aliphatic heterocycles. The van der Waals surface area contributed by atoms with Gasteiger partial charge in [0.15, 0.2) is 0 Å². The van der Waals surface area contributed by atoms with Gasteiger partial charge in [0.2, 0.25) is 0 Å². The third kappa shape index (κ3) is 6.22. The van der Waals surface area contributed by atoms with Gasteiger partial charge in [0.25, 0.3) is 0 Å². The number of rotatable bonds is 4. The third-order valence-corrected chi connectivity index (χ3v) is 2.51. The van der Waals surface area contributed by atoms with Crippen LogP contribution in [0.5, 0.6) is 0 Å². The Kier molecular flexibility index (Phi) is 5.55. The monoisotopic (exact) mass is 278 g/mol. The van der Waals surface area contributed by atoms with Crippen LogP contribution >= 0.6 is 0 Å². The topological polar surface area (TPSA) is 67.4 Å². The normalized spacial score (nSPS) is 10.8. The van der Waals surface area contributed by atoms with E-state index in [1.165, 1.54) is 0 Å². The Labute approximate surface area is 119 Å². The van der Waals surface area contributed by atoms with E-state index in [-0.39, 0.29) is 12.6 Å². The Morgan fingerprint density at radius 3 is 2.40 bits per heavy atom. The molecule has 0 heterocycles. The molecule has 0 atom stereocenters. The Balaban J connectivity index is 2.31. The van der Waals surface area contributed by atoms with Crippen LogP contribution in [0, 0.1) is 6.92 Å². The largest absolute Gasteiger partial charge is 0.459 e. The second-order valence-corrected chi connectivity index (χ2v) is 5.55. The second kappa shape index (κ2) is 6.93. The van der Waals surface area contributed by atoms with Crippen LogP contribution in [0.3, 0.4) is 0 Å². The molecule has 5 heteroatoms. The van der Waals surface area contributed by atoms with Crippen molar-refractivity contribution in [3.8, 4) is 0 Å². The number of urea groups is 1. The van der Waals surface area contributed by atoms with E-state index in [2.05, 4.69) is 10.6 Å². The predicted octanol–water partition coefficient (Wildman–Crippen LogP) is 2.14. The van der Waals surface area contributed by atoms with Crippen molar-refractivity contribution in [1.29, 1.82) is 0 Å². The van der Waals surface area contributed by atoms with Crippen molar-refractivity contribution in [3.05, 3.63) is 35.4 Å². The first-order chi connectivity index (χ1) is 9.28. The van der Waals surface area contributed by atoms with Crippen LogP contribution < -0.4 is 10.6 Å². The first kappa shape index (κ1) is 16.0. The molecule has 0 spiro atoms. The van der Waals surface area contributed by atoms with Crippen LogP contribution in [0.1, 0.15) is 31.9 Å². The van der Waals surface area contributed by atoms with Crippen LogP contribution in [-0.4, -0.2) is 24.1 Å². The van der Waals surface area contributed by atoms with Gasteiger partial charge in [0.1, 0.15) is 12.1 Å². The van der Waals surface area contributed by atoms with Crippen LogP contribution in [-0.2, 0) is 16.1 Å². The van der Waals surface area contributed by atoms with Gasteiger partial charge in [0, 0.05) is 6.54 Å². The van der Waals surface area contributed by atoms with E-state index < -0.39 is 11.6 Å². The molecule has 0 saturated heterocycles. The van der Waals surface area contributed by atoms with Gasteiger partial charge in [-0.2, -0.15) is 0 Å². The van der Waals surface area contributed by atoms with Crippen LogP contribution in [0.2, 0.25) is 0 Å². The van der Waals surface area contributed by atoms with Gasteiger partial charge in [-0.3, -0.25) is 4.79 Å². The molecule has 5 nitrogen and oxygen atoms in total. The number of esters is 1. The summed E-state index contributed by atoms with van der Waals surface area (Å²) in [6, 6.07) is 7.41. The van der Waals surface area contributed by atoms with Gasteiger partial charge < -0.3 is 15.4 Å². The third-order valence-electron chi connectivity index (χ3n) is 2.51. The highest BCUT2D eigenvalue weighted by Gasteiger charge is 2.16. The van der Waals surface area contributed by atoms with E-state index in [4.69, 9.17) is 4.74 Å². The number of carbonyl (C=O) groups is 2. The lowest BCUT2D eigenvalue weighted by molar-refractivity contribution is -0.153. The number of benzene rings is 1. The molecular formula is C15H22N2O3. The van der Waals surface area contributed by atoms with Crippen LogP contribution in [0.15, 0.2) is 24.3 Å². The summed E-state index contributed by atoms with van der Waals surface area (Å²) in [5, 5.41) is 5.17. The van der Waals surface area contributed by atoms with Crippen molar-refractivity contribution in [2.24, 2.45) is 0 Å². The molecule has 1 rings (SSSR count). The second-order valence-electron chi connectivity index (χ2n) is 5.55. The van der Waals surface area contributed by atoms with Crippen LogP contribution in [0.4, 0.5) is 4.79 Å². The zero-order valence-electron chi connectivity index (χ0n) is 12.4. The maximum Gasteiger partial charge on any atom is 0.325 e. The first-order valence-electron chi connectivity index (χ1n) is 6.56. The van der Waals surface area contributed by atoms with Gasteiger partial charge in [-0.25, -0.2) is 4.79 Å². The van der Waals surface area contributed by atoms with Gasteiger partial charge in [-0.15, -0.1) is 0 Å². The summed E-state index contributed by atoms with van der Waals surface area (Å²) in [7, 11) is 0. The summed E-state index contributed by atoms with van der Waals surface area (Å²) in [6.07, 6.45) is 0. The van der Waals surface area contributed by atoms with Crippen molar-refractivity contribution in [2.75, 3.05) is 6.54 Å². The minimum atomic E-state index is -0.545. The van der Waals surface area contributed by atoms with Gasteiger partial charge in [-0.05, 0) is 38.8 Å². The molecule has 0 bridgehead atoms. The zero-order valence-corrected chi connectivity index (χ0v) is 12.4. The number of aryl methyl sites for hydroxylation is 1. The Morgan fingerprint density at radius 2 is 1.80 bits per heavy atom. The van der Waals surface area contributed by atoms with E-state index in [0.717, 1.165) is 11.1 Å². The SMILES string of the molecule is Cc1ccccc1CNC(=O)NCC(=O)OC(C)(C)C. The molecule has 2 N–H and O–H groups in total. The van der Waals surface area contributed by atoms with E-state index in [1.807, 2.05) is 31.2 Å². The standard InChI is InChI=1S/C15H22N2O3/c1-11-7-5-6-8-12(11)9-16-14(19)17-10-13(18)20-15(2,3)4/h5-8H,9-10H2,1-4H3,(H2,16,17,19). The molecule has 2 amide bonds. The summed E-state index contributed by atoms with van der Waals surface area (Å²) in [5.41, 5.74) is 1.61. The molecule has 0 aromatic heterocycles. The van der Waals surface area contributed by atoms with Gasteiger partial charge >= 0.3 is 12.0 Å². The maximum absolute atomic E-state index is 11.6. The van der Waals surface area contributed by atoms with Crippen molar-refractivity contribution < 1.29 is 14.3 Å². The highest BCUT2D eigenvalue weighted by atomic mass is 16.6. The summed E-state index contributed by atoms with van der Waals surface area (Å²) in [6.45, 7) is 7.61. The number of hydrogen-bond donors (Lipinski definition) is 2. The molecule has 20 heavy (non-hydrogen) atoms. The van der Waals surface area contributed by atoms with E-state index in [9.17, 15) is 9.59 Å². The first-order valence-corrected chi connectivity index (χ1v) is 6.56. The number of amides is 2. The molecule has 0 unspecified atom stereocenters. The Morgan fingerprint density at radius 1 is 1.15 bits per heavy atom. The lowest BCUT2D eigenvalue weighted by Gasteiger charge is -2.19. The fourth-order valence-electron chi connectivity index (χ4n) is 1.58. The highest BCUT2D eigenvalue weighted by molar-refractivity contribution is 5.80. The molecular weight excluding hydrogens is 256 g/mol. The summed E-state index contributed by atoms with van der Waals surface area (Å²) in [4.78, 5) is 23.0. The fourth-order valence-corrected chi connectivity index (χ4v) is 1.58. The number of ether oxygens (including phenoxy) is 1. The predicted molar refractivity (Wildman–Crippen MR) is 77.3 cm³/mol. The van der Waals surface area contributed by atoms with Crippen molar-refractivity contribution >= 4 is 12.0 Å². The molecule has 1 aromatic carbocycles. The molecule has 1 aromatic rings. The van der Waals surface area contributed by atoms with E-state index in [0.29, 0.717) is 6.54 Å². The van der Waals surface area contributed by atoms with Gasteiger partial charge in [-0.1, -0.05) is 24.3 Å². The average molecular weight is 278 g/mol. The van der Waals surface area contributed by atoms with Crippen molar-refractivity contribution in [3.63, 3.8) is 0 Å². The van der Waals surface area contributed by atoms with Gasteiger partial charge in [0.05, 0.1) is 0 Å². The van der Waals surface area contributed by atoms with Crippen molar-refractivity contribution in [1.82, 2.24) is 10.6 Å². The molecule has 0 fully saturated rings. The lowest BCUT2D eigenvalue weighted by atomic mass is 10.1. The number of hydrogen-bond acceptors (Lipinski definition) is 3.